The summed E-state index contributed by atoms with van der Waals surface area (Å²) in [5, 5.41) is 0. The van der Waals surface area contributed by atoms with Crippen molar-refractivity contribution in [3.8, 4) is 0 Å². The molecule has 2 heteroatoms. The van der Waals surface area contributed by atoms with Crippen molar-refractivity contribution in [2.45, 2.75) is 96.0 Å². The zero-order valence-electron chi connectivity index (χ0n) is 25.8. The second-order valence-electron chi connectivity index (χ2n) is 11.9. The van der Waals surface area contributed by atoms with Crippen molar-refractivity contribution in [3.63, 3.8) is 0 Å². The van der Waals surface area contributed by atoms with Gasteiger partial charge in [-0.3, -0.25) is 4.98 Å². The summed E-state index contributed by atoms with van der Waals surface area (Å²) in [6, 6.07) is 34.3. The van der Waals surface area contributed by atoms with Gasteiger partial charge < -0.3 is 4.74 Å². The fourth-order valence-electron chi connectivity index (χ4n) is 6.33. The first kappa shape index (κ1) is 30.7. The molecule has 4 rings (SSSR count). The van der Waals surface area contributed by atoms with Crippen molar-refractivity contribution >= 4 is 0 Å². The van der Waals surface area contributed by atoms with E-state index in [1.807, 2.05) is 12.4 Å². The zero-order valence-corrected chi connectivity index (χ0v) is 25.8. The van der Waals surface area contributed by atoms with E-state index in [1.165, 1.54) is 39.8 Å². The van der Waals surface area contributed by atoms with E-state index in [2.05, 4.69) is 124 Å². The Bertz CT molecular complexity index is 1270. The first-order valence-corrected chi connectivity index (χ1v) is 15.6. The van der Waals surface area contributed by atoms with E-state index in [1.54, 1.807) is 7.11 Å². The van der Waals surface area contributed by atoms with E-state index >= 15 is 0 Å². The maximum atomic E-state index is 5.39. The van der Waals surface area contributed by atoms with Crippen molar-refractivity contribution in [2.75, 3.05) is 7.11 Å². The molecule has 0 aliphatic heterocycles. The molecule has 1 aromatic heterocycles. The van der Waals surface area contributed by atoms with Crippen LogP contribution in [0.15, 0.2) is 103 Å². The Balaban J connectivity index is 1.63. The number of hydrogen-bond donors (Lipinski definition) is 0. The number of pyridine rings is 1. The van der Waals surface area contributed by atoms with Crippen molar-refractivity contribution in [1.29, 1.82) is 0 Å². The summed E-state index contributed by atoms with van der Waals surface area (Å²) >= 11 is 0. The van der Waals surface area contributed by atoms with Crippen LogP contribution < -0.4 is 0 Å². The van der Waals surface area contributed by atoms with Gasteiger partial charge >= 0.3 is 0 Å². The van der Waals surface area contributed by atoms with Crippen molar-refractivity contribution in [2.24, 2.45) is 0 Å². The molecule has 5 atom stereocenters. The van der Waals surface area contributed by atoms with Crippen LogP contribution in [-0.4, -0.2) is 12.1 Å². The molecular formula is C39H49NO. The standard InChI is InChI=1S/C39H49NO/c1-6-29(3)33-17-19-36(20-18-33)32(7-2)26-39(35-11-9-8-10-12-35)27-38(25-30(4)34-21-23-40-24-22-34)37-15-13-31(14-16-37)28-41-5/h8-24,29-30,32,38-39H,6-7,25-28H2,1-5H3. The van der Waals surface area contributed by atoms with Gasteiger partial charge in [0.15, 0.2) is 0 Å². The van der Waals surface area contributed by atoms with Gasteiger partial charge in [-0.05, 0) is 107 Å². The summed E-state index contributed by atoms with van der Waals surface area (Å²) in [5.41, 5.74) is 8.41. The molecule has 1 heterocycles. The van der Waals surface area contributed by atoms with Gasteiger partial charge in [0, 0.05) is 19.5 Å². The van der Waals surface area contributed by atoms with Gasteiger partial charge in [0.2, 0.25) is 0 Å². The molecule has 0 amide bonds. The lowest BCUT2D eigenvalue weighted by atomic mass is 9.75. The smallest absolute Gasteiger partial charge is 0.0713 e. The van der Waals surface area contributed by atoms with Crippen LogP contribution in [0.5, 0.6) is 0 Å². The lowest BCUT2D eigenvalue weighted by Crippen LogP contribution is -2.13. The van der Waals surface area contributed by atoms with Crippen LogP contribution in [0, 0.1) is 0 Å². The van der Waals surface area contributed by atoms with Crippen molar-refractivity contribution < 1.29 is 4.74 Å². The van der Waals surface area contributed by atoms with Crippen LogP contribution in [0.2, 0.25) is 0 Å². The minimum atomic E-state index is 0.449. The van der Waals surface area contributed by atoms with Gasteiger partial charge in [-0.25, -0.2) is 0 Å². The minimum absolute atomic E-state index is 0.449. The third kappa shape index (κ3) is 8.63. The molecule has 0 N–H and O–H groups in total. The maximum absolute atomic E-state index is 5.39. The van der Waals surface area contributed by atoms with Crippen LogP contribution in [0.1, 0.15) is 123 Å². The average Bonchev–Trinajstić information content (AvgIpc) is 3.03. The molecule has 0 fully saturated rings. The van der Waals surface area contributed by atoms with Gasteiger partial charge in [-0.1, -0.05) is 107 Å². The summed E-state index contributed by atoms with van der Waals surface area (Å²) in [4.78, 5) is 4.26. The molecule has 2 nitrogen and oxygen atoms in total. The van der Waals surface area contributed by atoms with Crippen LogP contribution in [0.3, 0.4) is 0 Å². The molecular weight excluding hydrogens is 498 g/mol. The molecule has 216 valence electrons. The summed E-state index contributed by atoms with van der Waals surface area (Å²) in [7, 11) is 1.76. The topological polar surface area (TPSA) is 22.1 Å². The number of hydrogen-bond acceptors (Lipinski definition) is 2. The van der Waals surface area contributed by atoms with E-state index in [9.17, 15) is 0 Å². The van der Waals surface area contributed by atoms with Gasteiger partial charge in [0.1, 0.15) is 0 Å². The van der Waals surface area contributed by atoms with Crippen LogP contribution >= 0.6 is 0 Å². The van der Waals surface area contributed by atoms with E-state index in [0.29, 0.717) is 36.2 Å². The summed E-state index contributed by atoms with van der Waals surface area (Å²) in [6.45, 7) is 9.97. The quantitative estimate of drug-likeness (QED) is 0.148. The Morgan fingerprint density at radius 3 is 1.66 bits per heavy atom. The summed E-state index contributed by atoms with van der Waals surface area (Å²) in [6.07, 6.45) is 9.57. The van der Waals surface area contributed by atoms with Crippen molar-refractivity contribution in [1.82, 2.24) is 4.98 Å². The van der Waals surface area contributed by atoms with Crippen LogP contribution in [0.4, 0.5) is 0 Å². The first-order chi connectivity index (χ1) is 20.0. The highest BCUT2D eigenvalue weighted by Crippen LogP contribution is 2.42. The SMILES string of the molecule is CCC(C)c1ccc(C(CC)CC(CC(CC(C)c2ccncc2)c2ccc(COC)cc2)c2ccccc2)cc1. The Kier molecular flexibility index (Phi) is 11.8. The third-order valence-corrected chi connectivity index (χ3v) is 9.17. The van der Waals surface area contributed by atoms with Gasteiger partial charge in [0.25, 0.3) is 0 Å². The minimum Gasteiger partial charge on any atom is -0.380 e. The fourth-order valence-corrected chi connectivity index (χ4v) is 6.33. The summed E-state index contributed by atoms with van der Waals surface area (Å²) < 4.78 is 5.39. The monoisotopic (exact) mass is 547 g/mol. The molecule has 4 aromatic rings. The van der Waals surface area contributed by atoms with E-state index in [4.69, 9.17) is 4.74 Å². The van der Waals surface area contributed by atoms with Gasteiger partial charge in [-0.2, -0.15) is 0 Å². The Labute approximate surface area is 249 Å². The second kappa shape index (κ2) is 15.7. The molecule has 0 bridgehead atoms. The number of nitrogens with zero attached hydrogens (tertiary/aromatic N) is 1. The molecule has 5 unspecified atom stereocenters. The third-order valence-electron chi connectivity index (χ3n) is 9.17. The van der Waals surface area contributed by atoms with E-state index < -0.39 is 0 Å². The van der Waals surface area contributed by atoms with E-state index in [0.717, 1.165) is 25.7 Å². The molecule has 41 heavy (non-hydrogen) atoms. The second-order valence-corrected chi connectivity index (χ2v) is 11.9. The highest BCUT2D eigenvalue weighted by Gasteiger charge is 2.25. The lowest BCUT2D eigenvalue weighted by molar-refractivity contribution is 0.185. The van der Waals surface area contributed by atoms with Crippen LogP contribution in [-0.2, 0) is 11.3 Å². The molecule has 0 saturated heterocycles. The normalized spacial score (nSPS) is 15.1. The number of aromatic nitrogens is 1. The van der Waals surface area contributed by atoms with Gasteiger partial charge in [-0.15, -0.1) is 0 Å². The largest absolute Gasteiger partial charge is 0.380 e. The number of rotatable bonds is 15. The molecule has 0 spiro atoms. The number of methoxy groups -OCH3 is 1. The Hall–Kier alpha value is -3.23. The fraction of sp³-hybridized carbons (Fsp3) is 0.410. The average molecular weight is 548 g/mol. The predicted octanol–water partition coefficient (Wildman–Crippen LogP) is 10.8. The number of ether oxygens (including phenoxy) is 1. The van der Waals surface area contributed by atoms with Gasteiger partial charge in [0.05, 0.1) is 6.61 Å². The zero-order chi connectivity index (χ0) is 29.0. The Morgan fingerprint density at radius 2 is 1.05 bits per heavy atom. The lowest BCUT2D eigenvalue weighted by Gasteiger charge is -2.30. The van der Waals surface area contributed by atoms with Crippen molar-refractivity contribution in [3.05, 3.63) is 137 Å². The highest BCUT2D eigenvalue weighted by molar-refractivity contribution is 5.31. The van der Waals surface area contributed by atoms with Crippen LogP contribution in [0.25, 0.3) is 0 Å². The first-order valence-electron chi connectivity index (χ1n) is 15.6. The Morgan fingerprint density at radius 1 is 0.537 bits per heavy atom. The molecule has 0 radical (unpaired) electrons. The summed E-state index contributed by atoms with van der Waals surface area (Å²) in [5.74, 6) is 2.52. The molecule has 3 aromatic carbocycles. The predicted molar refractivity (Wildman–Crippen MR) is 174 cm³/mol. The molecule has 0 saturated carbocycles. The molecule has 0 aliphatic carbocycles. The number of benzene rings is 3. The van der Waals surface area contributed by atoms with E-state index in [-0.39, 0.29) is 0 Å². The highest BCUT2D eigenvalue weighted by atomic mass is 16.5. The molecule has 0 aliphatic rings. The maximum Gasteiger partial charge on any atom is 0.0713 e.